The van der Waals surface area contributed by atoms with Crippen LogP contribution in [0.3, 0.4) is 0 Å². The molecule has 2 N–H and O–H groups in total. The number of rotatable bonds is 6. The van der Waals surface area contributed by atoms with Gasteiger partial charge in [-0.1, -0.05) is 72.3 Å². The predicted molar refractivity (Wildman–Crippen MR) is 118 cm³/mol. The fourth-order valence-corrected chi connectivity index (χ4v) is 3.04. The van der Waals surface area contributed by atoms with Crippen molar-refractivity contribution in [3.8, 4) is 0 Å². The highest BCUT2D eigenvalue weighted by Crippen LogP contribution is 2.19. The van der Waals surface area contributed by atoms with Crippen molar-refractivity contribution in [2.24, 2.45) is 0 Å². The summed E-state index contributed by atoms with van der Waals surface area (Å²) in [5, 5.41) is 6.29. The zero-order valence-corrected chi connectivity index (χ0v) is 16.7. The summed E-state index contributed by atoms with van der Waals surface area (Å²) < 4.78 is 0. The van der Waals surface area contributed by atoms with Gasteiger partial charge in [-0.2, -0.15) is 0 Å². The van der Waals surface area contributed by atoms with Crippen molar-refractivity contribution in [1.82, 2.24) is 5.32 Å². The SMILES string of the molecule is CC(NC(=O)c1ccccc1NC(=O)/C=C/c1ccccc1Cl)c1ccccc1. The highest BCUT2D eigenvalue weighted by Gasteiger charge is 2.15. The molecule has 0 heterocycles. The normalized spacial score (nSPS) is 11.8. The number of hydrogen-bond acceptors (Lipinski definition) is 2. The van der Waals surface area contributed by atoms with Gasteiger partial charge in [0.2, 0.25) is 5.91 Å². The standard InChI is InChI=1S/C24H21ClN2O2/c1-17(18-9-3-2-4-10-18)26-24(29)20-12-6-8-14-22(20)27-23(28)16-15-19-11-5-7-13-21(19)25/h2-17H,1H3,(H,26,29)(H,27,28)/b16-15+. The Morgan fingerprint density at radius 2 is 1.55 bits per heavy atom. The molecule has 2 amide bonds. The maximum atomic E-state index is 12.8. The van der Waals surface area contributed by atoms with E-state index in [4.69, 9.17) is 11.6 Å². The molecule has 0 aliphatic heterocycles. The minimum Gasteiger partial charge on any atom is -0.345 e. The number of carbonyl (C=O) groups excluding carboxylic acids is 2. The lowest BCUT2D eigenvalue weighted by molar-refractivity contribution is -0.111. The average Bonchev–Trinajstić information content (AvgIpc) is 2.74. The third-order valence-corrected chi connectivity index (χ3v) is 4.74. The molecule has 0 radical (unpaired) electrons. The first-order valence-corrected chi connectivity index (χ1v) is 9.61. The summed E-state index contributed by atoms with van der Waals surface area (Å²) in [6, 6.07) is 23.7. The van der Waals surface area contributed by atoms with E-state index in [1.165, 1.54) is 6.08 Å². The van der Waals surface area contributed by atoms with E-state index in [0.29, 0.717) is 16.3 Å². The zero-order chi connectivity index (χ0) is 20.6. The second-order valence-corrected chi connectivity index (χ2v) is 6.90. The Balaban J connectivity index is 1.70. The van der Waals surface area contributed by atoms with Crippen LogP contribution in [-0.2, 0) is 4.79 Å². The van der Waals surface area contributed by atoms with Gasteiger partial charge in [-0.25, -0.2) is 0 Å². The molecule has 29 heavy (non-hydrogen) atoms. The fraction of sp³-hybridized carbons (Fsp3) is 0.0833. The van der Waals surface area contributed by atoms with Crippen molar-refractivity contribution in [1.29, 1.82) is 0 Å². The molecule has 3 rings (SSSR count). The quantitative estimate of drug-likeness (QED) is 0.534. The van der Waals surface area contributed by atoms with Crippen molar-refractivity contribution in [3.63, 3.8) is 0 Å². The predicted octanol–water partition coefficient (Wildman–Crippen LogP) is 5.48. The molecule has 1 atom stereocenters. The van der Waals surface area contributed by atoms with Crippen molar-refractivity contribution in [2.45, 2.75) is 13.0 Å². The lowest BCUT2D eigenvalue weighted by Crippen LogP contribution is -2.27. The van der Waals surface area contributed by atoms with Gasteiger partial charge in [0.1, 0.15) is 0 Å². The molecule has 0 aliphatic rings. The maximum absolute atomic E-state index is 12.8. The van der Waals surface area contributed by atoms with Crippen LogP contribution < -0.4 is 10.6 Å². The Hall–Kier alpha value is -3.37. The average molecular weight is 405 g/mol. The smallest absolute Gasteiger partial charge is 0.253 e. The van der Waals surface area contributed by atoms with E-state index in [2.05, 4.69) is 10.6 Å². The molecule has 0 spiro atoms. The number of anilines is 1. The number of halogens is 1. The van der Waals surface area contributed by atoms with Gasteiger partial charge < -0.3 is 10.6 Å². The number of benzene rings is 3. The zero-order valence-electron chi connectivity index (χ0n) is 15.9. The molecule has 0 aliphatic carbocycles. The monoisotopic (exact) mass is 404 g/mol. The molecule has 3 aromatic rings. The Morgan fingerprint density at radius 3 is 2.31 bits per heavy atom. The van der Waals surface area contributed by atoms with Gasteiger partial charge in [0.25, 0.3) is 5.91 Å². The van der Waals surface area contributed by atoms with Crippen LogP contribution in [0, 0.1) is 0 Å². The van der Waals surface area contributed by atoms with Crippen LogP contribution in [0.5, 0.6) is 0 Å². The van der Waals surface area contributed by atoms with Crippen LogP contribution in [0.15, 0.2) is 84.9 Å². The Morgan fingerprint density at radius 1 is 0.897 bits per heavy atom. The number of carbonyl (C=O) groups is 2. The summed E-state index contributed by atoms with van der Waals surface area (Å²) in [6.45, 7) is 1.92. The van der Waals surface area contributed by atoms with E-state index in [-0.39, 0.29) is 17.9 Å². The molecule has 3 aromatic carbocycles. The molecule has 0 bridgehead atoms. The summed E-state index contributed by atoms with van der Waals surface area (Å²) in [5.41, 5.74) is 2.59. The number of nitrogens with one attached hydrogen (secondary N) is 2. The molecule has 1 unspecified atom stereocenters. The van der Waals surface area contributed by atoms with Crippen molar-refractivity contribution in [3.05, 3.63) is 107 Å². The Bertz CT molecular complexity index is 1030. The summed E-state index contributed by atoms with van der Waals surface area (Å²) in [4.78, 5) is 25.1. The molecule has 0 aromatic heterocycles. The van der Waals surface area contributed by atoms with E-state index in [0.717, 1.165) is 11.1 Å². The molecular formula is C24H21ClN2O2. The number of para-hydroxylation sites is 1. The van der Waals surface area contributed by atoms with Gasteiger partial charge in [0.05, 0.1) is 17.3 Å². The fourth-order valence-electron chi connectivity index (χ4n) is 2.84. The first-order valence-electron chi connectivity index (χ1n) is 9.23. The third kappa shape index (κ3) is 5.56. The van der Waals surface area contributed by atoms with Crippen LogP contribution in [0.4, 0.5) is 5.69 Å². The van der Waals surface area contributed by atoms with Crippen molar-refractivity contribution in [2.75, 3.05) is 5.32 Å². The summed E-state index contributed by atoms with van der Waals surface area (Å²) in [5.74, 6) is -0.603. The van der Waals surface area contributed by atoms with E-state index in [1.807, 2.05) is 55.5 Å². The third-order valence-electron chi connectivity index (χ3n) is 4.40. The molecule has 4 nitrogen and oxygen atoms in total. The van der Waals surface area contributed by atoms with Crippen molar-refractivity contribution < 1.29 is 9.59 Å². The minimum absolute atomic E-state index is 0.160. The van der Waals surface area contributed by atoms with Crippen LogP contribution in [0.25, 0.3) is 6.08 Å². The first kappa shape index (κ1) is 20.4. The van der Waals surface area contributed by atoms with E-state index in [1.54, 1.807) is 36.4 Å². The molecule has 5 heteroatoms. The van der Waals surface area contributed by atoms with E-state index in [9.17, 15) is 9.59 Å². The summed E-state index contributed by atoms with van der Waals surface area (Å²) in [6.07, 6.45) is 3.03. The van der Waals surface area contributed by atoms with Crippen LogP contribution in [0.1, 0.15) is 34.5 Å². The Labute approximate surface area is 175 Å². The second kappa shape index (κ2) is 9.71. The van der Waals surface area contributed by atoms with Crippen LogP contribution in [-0.4, -0.2) is 11.8 Å². The second-order valence-electron chi connectivity index (χ2n) is 6.50. The summed E-state index contributed by atoms with van der Waals surface area (Å²) >= 11 is 6.10. The minimum atomic E-state index is -0.346. The molecule has 146 valence electrons. The van der Waals surface area contributed by atoms with E-state index >= 15 is 0 Å². The van der Waals surface area contributed by atoms with Crippen LogP contribution >= 0.6 is 11.6 Å². The molecule has 0 fully saturated rings. The Kier molecular flexibility index (Phi) is 6.82. The molecule has 0 saturated heterocycles. The van der Waals surface area contributed by atoms with Gasteiger partial charge in [0, 0.05) is 11.1 Å². The number of hydrogen-bond donors (Lipinski definition) is 2. The lowest BCUT2D eigenvalue weighted by Gasteiger charge is -2.16. The number of amides is 2. The lowest BCUT2D eigenvalue weighted by atomic mass is 10.1. The van der Waals surface area contributed by atoms with Crippen molar-refractivity contribution >= 4 is 35.2 Å². The molecular weight excluding hydrogens is 384 g/mol. The largest absolute Gasteiger partial charge is 0.345 e. The van der Waals surface area contributed by atoms with E-state index < -0.39 is 0 Å². The van der Waals surface area contributed by atoms with Gasteiger partial charge in [-0.05, 0) is 42.3 Å². The topological polar surface area (TPSA) is 58.2 Å². The van der Waals surface area contributed by atoms with Gasteiger partial charge in [-0.3, -0.25) is 9.59 Å². The van der Waals surface area contributed by atoms with Crippen LogP contribution in [0.2, 0.25) is 5.02 Å². The molecule has 0 saturated carbocycles. The highest BCUT2D eigenvalue weighted by atomic mass is 35.5. The highest BCUT2D eigenvalue weighted by molar-refractivity contribution is 6.32. The van der Waals surface area contributed by atoms with Gasteiger partial charge in [0.15, 0.2) is 0 Å². The van der Waals surface area contributed by atoms with Gasteiger partial charge >= 0.3 is 0 Å². The maximum Gasteiger partial charge on any atom is 0.253 e. The summed E-state index contributed by atoms with van der Waals surface area (Å²) in [7, 11) is 0. The van der Waals surface area contributed by atoms with Gasteiger partial charge in [-0.15, -0.1) is 0 Å². The first-order chi connectivity index (χ1) is 14.0.